The number of amides is 1. The Morgan fingerprint density at radius 1 is 1.27 bits per heavy atom. The lowest BCUT2D eigenvalue weighted by atomic mass is 10.1. The number of rotatable bonds is 9. The van der Waals surface area contributed by atoms with Gasteiger partial charge in [-0.2, -0.15) is 4.31 Å². The van der Waals surface area contributed by atoms with Gasteiger partial charge in [-0.15, -0.1) is 0 Å². The van der Waals surface area contributed by atoms with E-state index in [-0.39, 0.29) is 17.2 Å². The van der Waals surface area contributed by atoms with E-state index in [1.165, 1.54) is 4.31 Å². The van der Waals surface area contributed by atoms with Crippen LogP contribution in [0.2, 0.25) is 0 Å². The summed E-state index contributed by atoms with van der Waals surface area (Å²) in [6.45, 7) is 2.50. The molecular formula is C18H29N3O4S. The smallest absolute Gasteiger partial charge is 0.243 e. The van der Waals surface area contributed by atoms with Gasteiger partial charge in [0.2, 0.25) is 15.9 Å². The second kappa shape index (κ2) is 9.34. The fourth-order valence-corrected chi connectivity index (χ4v) is 4.51. The average Bonchev–Trinajstić information content (AvgIpc) is 3.14. The number of benzene rings is 1. The summed E-state index contributed by atoms with van der Waals surface area (Å²) < 4.78 is 32.3. The molecule has 1 aliphatic rings. The first-order chi connectivity index (χ1) is 12.3. The zero-order valence-corrected chi connectivity index (χ0v) is 16.6. The number of ether oxygens (including phenoxy) is 1. The van der Waals surface area contributed by atoms with Gasteiger partial charge in [-0.3, -0.25) is 4.79 Å². The number of carbonyl (C=O) groups excluding carboxylic acids is 1. The normalized spacial score (nSPS) is 15.4. The summed E-state index contributed by atoms with van der Waals surface area (Å²) in [7, 11) is 1.97. The molecule has 1 aromatic rings. The molecule has 1 aromatic carbocycles. The van der Waals surface area contributed by atoms with Gasteiger partial charge in [0.15, 0.2) is 0 Å². The minimum absolute atomic E-state index is 0.0540. The number of sulfonamides is 1. The summed E-state index contributed by atoms with van der Waals surface area (Å²) in [6, 6.07) is 4.88. The predicted octanol–water partition coefficient (Wildman–Crippen LogP) is 1.09. The highest BCUT2D eigenvalue weighted by Crippen LogP contribution is 2.27. The topological polar surface area (TPSA) is 79.0 Å². The summed E-state index contributed by atoms with van der Waals surface area (Å²) in [5, 5.41) is 2.86. The van der Waals surface area contributed by atoms with E-state index in [9.17, 15) is 13.2 Å². The van der Waals surface area contributed by atoms with Crippen LogP contribution in [0.5, 0.6) is 5.75 Å². The monoisotopic (exact) mass is 383 g/mol. The lowest BCUT2D eigenvalue weighted by Crippen LogP contribution is -2.31. The van der Waals surface area contributed by atoms with Crippen molar-refractivity contribution in [2.75, 3.05) is 47.4 Å². The summed E-state index contributed by atoms with van der Waals surface area (Å²) >= 11 is 0. The van der Waals surface area contributed by atoms with Crippen LogP contribution in [0.3, 0.4) is 0 Å². The van der Waals surface area contributed by atoms with Gasteiger partial charge in [0.25, 0.3) is 0 Å². The van der Waals surface area contributed by atoms with Crippen LogP contribution in [0, 0.1) is 0 Å². The number of likely N-dealkylation sites (N-methyl/N-ethyl adjacent to an activating group) is 1. The Bertz CT molecular complexity index is 713. The van der Waals surface area contributed by atoms with Crippen LogP contribution in [0.1, 0.15) is 24.8 Å². The molecule has 0 unspecified atom stereocenters. The van der Waals surface area contributed by atoms with Gasteiger partial charge in [0.1, 0.15) is 5.75 Å². The summed E-state index contributed by atoms with van der Waals surface area (Å²) in [5.74, 6) is 0.549. The van der Waals surface area contributed by atoms with Crippen LogP contribution < -0.4 is 10.1 Å². The Labute approximate surface area is 156 Å². The largest absolute Gasteiger partial charge is 0.496 e. The average molecular weight is 384 g/mol. The van der Waals surface area contributed by atoms with Gasteiger partial charge in [-0.25, -0.2) is 8.42 Å². The highest BCUT2D eigenvalue weighted by atomic mass is 32.2. The highest BCUT2D eigenvalue weighted by Gasteiger charge is 2.27. The van der Waals surface area contributed by atoms with Gasteiger partial charge in [-0.1, -0.05) is 0 Å². The van der Waals surface area contributed by atoms with Crippen LogP contribution in [0.25, 0.3) is 0 Å². The van der Waals surface area contributed by atoms with Gasteiger partial charge in [0.05, 0.1) is 12.0 Å². The number of aryl methyl sites for hydroxylation is 1. The van der Waals surface area contributed by atoms with Crippen molar-refractivity contribution in [1.29, 1.82) is 0 Å². The molecule has 0 bridgehead atoms. The molecule has 26 heavy (non-hydrogen) atoms. The van der Waals surface area contributed by atoms with Crippen molar-refractivity contribution in [3.05, 3.63) is 23.8 Å². The molecule has 1 heterocycles. The van der Waals surface area contributed by atoms with Crippen LogP contribution >= 0.6 is 0 Å². The van der Waals surface area contributed by atoms with Crippen LogP contribution in [-0.2, 0) is 21.2 Å². The third kappa shape index (κ3) is 5.43. The molecule has 0 radical (unpaired) electrons. The second-order valence-electron chi connectivity index (χ2n) is 6.74. The van der Waals surface area contributed by atoms with E-state index in [2.05, 4.69) is 5.32 Å². The summed E-state index contributed by atoms with van der Waals surface area (Å²) in [6.07, 6.45) is 2.52. The van der Waals surface area contributed by atoms with E-state index in [0.29, 0.717) is 31.8 Å². The van der Waals surface area contributed by atoms with Crippen LogP contribution in [-0.4, -0.2) is 70.9 Å². The molecule has 7 nitrogen and oxygen atoms in total. The molecule has 1 amide bonds. The Morgan fingerprint density at radius 3 is 2.58 bits per heavy atom. The molecule has 2 rings (SSSR count). The van der Waals surface area contributed by atoms with E-state index < -0.39 is 10.0 Å². The Hall–Kier alpha value is -1.64. The van der Waals surface area contributed by atoms with E-state index in [1.807, 2.05) is 19.0 Å². The first-order valence-electron chi connectivity index (χ1n) is 8.93. The van der Waals surface area contributed by atoms with Crippen molar-refractivity contribution in [2.45, 2.75) is 30.6 Å². The van der Waals surface area contributed by atoms with Crippen molar-refractivity contribution >= 4 is 15.9 Å². The SMILES string of the molecule is COc1ccc(S(=O)(=O)N2CCCC2)cc1CCC(=O)NCCN(C)C. The van der Waals surface area contributed by atoms with E-state index in [1.54, 1.807) is 25.3 Å². The maximum absolute atomic E-state index is 12.7. The molecule has 1 N–H and O–H groups in total. The van der Waals surface area contributed by atoms with Gasteiger partial charge < -0.3 is 15.0 Å². The molecular weight excluding hydrogens is 354 g/mol. The minimum Gasteiger partial charge on any atom is -0.496 e. The summed E-state index contributed by atoms with van der Waals surface area (Å²) in [5.41, 5.74) is 0.732. The lowest BCUT2D eigenvalue weighted by Gasteiger charge is -2.17. The number of methoxy groups -OCH3 is 1. The quantitative estimate of drug-likeness (QED) is 0.691. The predicted molar refractivity (Wildman–Crippen MR) is 101 cm³/mol. The minimum atomic E-state index is -3.48. The number of nitrogens with zero attached hydrogens (tertiary/aromatic N) is 2. The molecule has 0 aromatic heterocycles. The number of carbonyl (C=O) groups is 1. The first-order valence-corrected chi connectivity index (χ1v) is 10.4. The fraction of sp³-hybridized carbons (Fsp3) is 0.611. The Morgan fingerprint density at radius 2 is 1.96 bits per heavy atom. The highest BCUT2D eigenvalue weighted by molar-refractivity contribution is 7.89. The fourth-order valence-electron chi connectivity index (χ4n) is 2.94. The van der Waals surface area contributed by atoms with Crippen LogP contribution in [0.15, 0.2) is 23.1 Å². The summed E-state index contributed by atoms with van der Waals surface area (Å²) in [4.78, 5) is 14.3. The van der Waals surface area contributed by atoms with Crippen molar-refractivity contribution in [3.8, 4) is 5.75 Å². The molecule has 1 saturated heterocycles. The van der Waals surface area contributed by atoms with E-state index >= 15 is 0 Å². The van der Waals surface area contributed by atoms with Gasteiger partial charge in [-0.05, 0) is 57.1 Å². The van der Waals surface area contributed by atoms with Crippen molar-refractivity contribution in [1.82, 2.24) is 14.5 Å². The van der Waals surface area contributed by atoms with Gasteiger partial charge in [0, 0.05) is 32.6 Å². The van der Waals surface area contributed by atoms with Crippen LogP contribution in [0.4, 0.5) is 0 Å². The van der Waals surface area contributed by atoms with Gasteiger partial charge >= 0.3 is 0 Å². The van der Waals surface area contributed by atoms with Crippen molar-refractivity contribution in [2.24, 2.45) is 0 Å². The van der Waals surface area contributed by atoms with E-state index in [0.717, 1.165) is 24.9 Å². The molecule has 8 heteroatoms. The number of nitrogens with one attached hydrogen (secondary N) is 1. The molecule has 0 saturated carbocycles. The zero-order valence-electron chi connectivity index (χ0n) is 15.8. The van der Waals surface area contributed by atoms with Crippen molar-refractivity contribution in [3.63, 3.8) is 0 Å². The molecule has 0 atom stereocenters. The maximum atomic E-state index is 12.7. The lowest BCUT2D eigenvalue weighted by molar-refractivity contribution is -0.121. The molecule has 146 valence electrons. The zero-order chi connectivity index (χ0) is 19.2. The second-order valence-corrected chi connectivity index (χ2v) is 8.68. The standard InChI is InChI=1S/C18H29N3O4S/c1-20(2)13-10-19-18(22)9-6-15-14-16(7-8-17(15)25-3)26(23,24)21-11-4-5-12-21/h7-8,14H,4-6,9-13H2,1-3H3,(H,19,22). The molecule has 0 spiro atoms. The number of hydrogen-bond acceptors (Lipinski definition) is 5. The Balaban J connectivity index is 2.06. The maximum Gasteiger partial charge on any atom is 0.243 e. The molecule has 1 fully saturated rings. The molecule has 1 aliphatic heterocycles. The third-order valence-corrected chi connectivity index (χ3v) is 6.35. The molecule has 0 aliphatic carbocycles. The third-order valence-electron chi connectivity index (χ3n) is 4.46. The number of hydrogen-bond donors (Lipinski definition) is 1. The van der Waals surface area contributed by atoms with Crippen molar-refractivity contribution < 1.29 is 17.9 Å². The van der Waals surface area contributed by atoms with E-state index in [4.69, 9.17) is 4.74 Å². The first kappa shape index (κ1) is 20.7. The Kier molecular flexibility index (Phi) is 7.43.